The molecule has 3 rings (SSSR count). The first kappa shape index (κ1) is 14.5. The molecule has 21 heavy (non-hydrogen) atoms. The minimum atomic E-state index is -0.207. The molecule has 2 aromatic carbocycles. The summed E-state index contributed by atoms with van der Waals surface area (Å²) in [6.45, 7) is 2.70. The summed E-state index contributed by atoms with van der Waals surface area (Å²) in [6, 6.07) is 14.9. The molecule has 108 valence electrons. The van der Waals surface area contributed by atoms with Crippen LogP contribution in [0.15, 0.2) is 48.5 Å². The van der Waals surface area contributed by atoms with Gasteiger partial charge >= 0.3 is 0 Å². The van der Waals surface area contributed by atoms with Crippen molar-refractivity contribution in [1.82, 2.24) is 5.32 Å². The van der Waals surface area contributed by atoms with Crippen LogP contribution in [0.5, 0.6) is 0 Å². The van der Waals surface area contributed by atoms with Crippen molar-refractivity contribution in [2.45, 2.75) is 19.5 Å². The van der Waals surface area contributed by atoms with E-state index in [0.29, 0.717) is 6.54 Å². The quantitative estimate of drug-likeness (QED) is 0.665. The van der Waals surface area contributed by atoms with Crippen LogP contribution in [0.3, 0.4) is 0 Å². The van der Waals surface area contributed by atoms with Gasteiger partial charge in [0.1, 0.15) is 5.82 Å². The van der Waals surface area contributed by atoms with Gasteiger partial charge in [-0.3, -0.25) is 0 Å². The second kappa shape index (κ2) is 6.14. The van der Waals surface area contributed by atoms with Gasteiger partial charge in [0.2, 0.25) is 0 Å². The van der Waals surface area contributed by atoms with Gasteiger partial charge in [0.15, 0.2) is 0 Å². The molecule has 0 aliphatic heterocycles. The predicted molar refractivity (Wildman–Crippen MR) is 88.5 cm³/mol. The van der Waals surface area contributed by atoms with Crippen LogP contribution in [-0.2, 0) is 6.54 Å². The van der Waals surface area contributed by atoms with Crippen LogP contribution in [0.2, 0.25) is 5.02 Å². The Kier molecular flexibility index (Phi) is 4.24. The highest BCUT2D eigenvalue weighted by atomic mass is 35.5. The fourth-order valence-corrected chi connectivity index (χ4v) is 3.77. The van der Waals surface area contributed by atoms with Gasteiger partial charge in [-0.15, -0.1) is 11.3 Å². The topological polar surface area (TPSA) is 12.0 Å². The van der Waals surface area contributed by atoms with Crippen molar-refractivity contribution in [2.24, 2.45) is 0 Å². The molecule has 1 aromatic heterocycles. The van der Waals surface area contributed by atoms with Gasteiger partial charge < -0.3 is 5.32 Å². The zero-order valence-electron chi connectivity index (χ0n) is 11.6. The molecule has 0 spiro atoms. The molecule has 1 atom stereocenters. The highest BCUT2D eigenvalue weighted by Gasteiger charge is 2.11. The number of halogens is 2. The van der Waals surface area contributed by atoms with Crippen LogP contribution in [-0.4, -0.2) is 0 Å². The first-order valence-electron chi connectivity index (χ1n) is 6.80. The van der Waals surface area contributed by atoms with E-state index >= 15 is 0 Å². The molecule has 0 bridgehead atoms. The number of rotatable bonds is 4. The van der Waals surface area contributed by atoms with Crippen LogP contribution in [0.25, 0.3) is 10.1 Å². The molecule has 0 aliphatic carbocycles. The van der Waals surface area contributed by atoms with Crippen LogP contribution in [0, 0.1) is 5.82 Å². The van der Waals surface area contributed by atoms with E-state index < -0.39 is 0 Å². The molecule has 0 radical (unpaired) electrons. The van der Waals surface area contributed by atoms with Gasteiger partial charge in [-0.1, -0.05) is 41.9 Å². The molecule has 0 unspecified atom stereocenters. The van der Waals surface area contributed by atoms with Gasteiger partial charge in [0, 0.05) is 27.5 Å². The normalized spacial score (nSPS) is 12.7. The van der Waals surface area contributed by atoms with Crippen molar-refractivity contribution in [1.29, 1.82) is 0 Å². The summed E-state index contributed by atoms with van der Waals surface area (Å²) in [4.78, 5) is 1.11. The van der Waals surface area contributed by atoms with Crippen LogP contribution in [0.4, 0.5) is 4.39 Å². The maximum atomic E-state index is 13.2. The van der Waals surface area contributed by atoms with Gasteiger partial charge in [0.05, 0.1) is 5.02 Å². The Bertz CT molecular complexity index is 768. The zero-order chi connectivity index (χ0) is 14.8. The summed E-state index contributed by atoms with van der Waals surface area (Å²) >= 11 is 8.12. The Hall–Kier alpha value is -1.42. The maximum Gasteiger partial charge on any atom is 0.123 e. The molecule has 0 saturated heterocycles. The average Bonchev–Trinajstić information content (AvgIpc) is 2.82. The van der Waals surface area contributed by atoms with Gasteiger partial charge in [-0.2, -0.15) is 0 Å². The number of benzene rings is 2. The first-order valence-corrected chi connectivity index (χ1v) is 7.99. The van der Waals surface area contributed by atoms with Crippen molar-refractivity contribution in [3.63, 3.8) is 0 Å². The second-order valence-corrected chi connectivity index (χ2v) is 6.51. The van der Waals surface area contributed by atoms with Crippen LogP contribution in [0.1, 0.15) is 23.4 Å². The molecular weight excluding hydrogens is 305 g/mol. The predicted octanol–water partition coefficient (Wildman–Crippen LogP) is 5.54. The summed E-state index contributed by atoms with van der Waals surface area (Å²) in [5.74, 6) is -0.207. The van der Waals surface area contributed by atoms with Crippen molar-refractivity contribution < 1.29 is 4.39 Å². The third-order valence-electron chi connectivity index (χ3n) is 3.52. The Morgan fingerprint density at radius 3 is 2.76 bits per heavy atom. The fourth-order valence-electron chi connectivity index (χ4n) is 2.32. The highest BCUT2D eigenvalue weighted by Crippen LogP contribution is 2.35. The number of nitrogens with one attached hydrogen (secondary N) is 1. The molecule has 4 heteroatoms. The van der Waals surface area contributed by atoms with E-state index in [0.717, 1.165) is 20.8 Å². The number of hydrogen-bond acceptors (Lipinski definition) is 2. The van der Waals surface area contributed by atoms with Crippen LogP contribution < -0.4 is 5.32 Å². The van der Waals surface area contributed by atoms with E-state index in [4.69, 9.17) is 11.6 Å². The number of hydrogen-bond donors (Lipinski definition) is 1. The molecule has 0 aliphatic rings. The third kappa shape index (κ3) is 3.10. The molecule has 0 amide bonds. The third-order valence-corrected chi connectivity index (χ3v) is 5.23. The van der Waals surface area contributed by atoms with E-state index in [-0.39, 0.29) is 11.9 Å². The lowest BCUT2D eigenvalue weighted by molar-refractivity contribution is 0.568. The molecular formula is C17H15ClFNS. The Labute approximate surface area is 132 Å². The Morgan fingerprint density at radius 1 is 1.19 bits per heavy atom. The molecule has 1 nitrogen and oxygen atoms in total. The summed E-state index contributed by atoms with van der Waals surface area (Å²) in [7, 11) is 0. The van der Waals surface area contributed by atoms with E-state index in [1.807, 2.05) is 31.2 Å². The first-order chi connectivity index (χ1) is 10.1. The Balaban J connectivity index is 1.75. The summed E-state index contributed by atoms with van der Waals surface area (Å²) < 4.78 is 14.4. The van der Waals surface area contributed by atoms with Crippen molar-refractivity contribution >= 4 is 33.0 Å². The Morgan fingerprint density at radius 2 is 2.00 bits per heavy atom. The molecule has 0 saturated carbocycles. The van der Waals surface area contributed by atoms with E-state index in [1.54, 1.807) is 23.5 Å². The summed E-state index contributed by atoms with van der Waals surface area (Å²) in [6.07, 6.45) is 0. The minimum Gasteiger partial charge on any atom is -0.305 e. The average molecular weight is 320 g/mol. The summed E-state index contributed by atoms with van der Waals surface area (Å²) in [5, 5.41) is 5.31. The van der Waals surface area contributed by atoms with Gasteiger partial charge in [-0.05, 0) is 30.7 Å². The lowest BCUT2D eigenvalue weighted by atomic mass is 10.1. The van der Waals surface area contributed by atoms with Crippen molar-refractivity contribution in [3.8, 4) is 0 Å². The van der Waals surface area contributed by atoms with E-state index in [9.17, 15) is 4.39 Å². The zero-order valence-corrected chi connectivity index (χ0v) is 13.1. The van der Waals surface area contributed by atoms with E-state index in [2.05, 4.69) is 11.4 Å². The number of thiophene rings is 1. The number of fused-ring (bicyclic) bond motifs is 1. The fraction of sp³-hybridized carbons (Fsp3) is 0.176. The summed E-state index contributed by atoms with van der Waals surface area (Å²) in [5.41, 5.74) is 0.937. The molecule has 1 heterocycles. The van der Waals surface area contributed by atoms with Crippen molar-refractivity contribution in [3.05, 3.63) is 69.8 Å². The largest absolute Gasteiger partial charge is 0.305 e. The minimum absolute atomic E-state index is 0.0713. The lowest BCUT2D eigenvalue weighted by Gasteiger charge is -2.13. The molecule has 0 fully saturated rings. The van der Waals surface area contributed by atoms with Crippen molar-refractivity contribution in [2.75, 3.05) is 0 Å². The highest BCUT2D eigenvalue weighted by molar-refractivity contribution is 7.19. The molecule has 3 aromatic rings. The smallest absolute Gasteiger partial charge is 0.123 e. The van der Waals surface area contributed by atoms with Crippen LogP contribution >= 0.6 is 22.9 Å². The second-order valence-electron chi connectivity index (χ2n) is 4.99. The van der Waals surface area contributed by atoms with Gasteiger partial charge in [-0.25, -0.2) is 4.39 Å². The standard InChI is InChI=1S/C17H15ClFNS/c1-11(12-5-4-6-13(19)9-12)20-10-16-17(18)14-7-2-3-8-15(14)21-16/h2-9,11,20H,10H2,1H3/t11-/m0/s1. The van der Waals surface area contributed by atoms with E-state index in [1.165, 1.54) is 10.8 Å². The van der Waals surface area contributed by atoms with Gasteiger partial charge in [0.25, 0.3) is 0 Å². The SMILES string of the molecule is C[C@H](NCc1sc2ccccc2c1Cl)c1cccc(F)c1. The molecule has 1 N–H and O–H groups in total. The maximum absolute atomic E-state index is 13.2. The lowest BCUT2D eigenvalue weighted by Crippen LogP contribution is -2.17. The monoisotopic (exact) mass is 319 g/mol.